The highest BCUT2D eigenvalue weighted by Gasteiger charge is 2.34. The average Bonchev–Trinajstić information content (AvgIpc) is 2.49. The Balaban J connectivity index is 1.88. The van der Waals surface area contributed by atoms with Gasteiger partial charge in [0.15, 0.2) is 0 Å². The molecule has 2 atom stereocenters. The number of rotatable bonds is 5. The number of ether oxygens (including phenoxy) is 1. The number of nitrogens with zero attached hydrogens (tertiary/aromatic N) is 1. The number of halogens is 2. The number of benzene rings is 1. The molecular formula is C16H19Cl2NO4. The van der Waals surface area contributed by atoms with Crippen LogP contribution in [0.3, 0.4) is 0 Å². The first-order valence-electron chi connectivity index (χ1n) is 7.50. The number of carbonyl (C=O) groups excluding carboxylic acids is 1. The van der Waals surface area contributed by atoms with Crippen molar-refractivity contribution in [2.45, 2.75) is 32.2 Å². The second-order valence-corrected chi connectivity index (χ2v) is 6.43. The van der Waals surface area contributed by atoms with Crippen LogP contribution in [0.2, 0.25) is 10.0 Å². The second-order valence-electron chi connectivity index (χ2n) is 5.59. The van der Waals surface area contributed by atoms with Gasteiger partial charge < -0.3 is 14.7 Å². The SMILES string of the molecule is C[C@@H]1[C@H](C(=O)O)CCCN1C(=O)CCOc1ccc(Cl)cc1Cl. The van der Waals surface area contributed by atoms with Crippen LogP contribution in [0.15, 0.2) is 18.2 Å². The lowest BCUT2D eigenvalue weighted by molar-refractivity contribution is -0.149. The zero-order valence-electron chi connectivity index (χ0n) is 12.8. The van der Waals surface area contributed by atoms with Crippen molar-refractivity contribution in [3.8, 4) is 5.75 Å². The van der Waals surface area contributed by atoms with E-state index in [0.29, 0.717) is 35.2 Å². The third-order valence-electron chi connectivity index (χ3n) is 4.09. The maximum absolute atomic E-state index is 12.3. The highest BCUT2D eigenvalue weighted by Crippen LogP contribution is 2.28. The predicted octanol–water partition coefficient (Wildman–Crippen LogP) is 3.47. The van der Waals surface area contributed by atoms with Gasteiger partial charge in [-0.05, 0) is 38.0 Å². The molecule has 1 fully saturated rings. The monoisotopic (exact) mass is 359 g/mol. The van der Waals surface area contributed by atoms with E-state index in [-0.39, 0.29) is 25.0 Å². The van der Waals surface area contributed by atoms with Crippen LogP contribution in [-0.2, 0) is 9.59 Å². The molecule has 1 aliphatic heterocycles. The van der Waals surface area contributed by atoms with Crippen LogP contribution >= 0.6 is 23.2 Å². The maximum atomic E-state index is 12.3. The molecule has 1 heterocycles. The van der Waals surface area contributed by atoms with Gasteiger partial charge in [-0.2, -0.15) is 0 Å². The molecule has 0 bridgehead atoms. The maximum Gasteiger partial charge on any atom is 0.308 e. The Bertz CT molecular complexity index is 593. The molecule has 7 heteroatoms. The minimum absolute atomic E-state index is 0.103. The lowest BCUT2D eigenvalue weighted by Gasteiger charge is -2.37. The third-order valence-corrected chi connectivity index (χ3v) is 4.62. The Morgan fingerprint density at radius 3 is 2.78 bits per heavy atom. The normalized spacial score (nSPS) is 21.1. The minimum atomic E-state index is -0.848. The van der Waals surface area contributed by atoms with Gasteiger partial charge in [-0.25, -0.2) is 0 Å². The van der Waals surface area contributed by atoms with Crippen molar-refractivity contribution in [2.24, 2.45) is 5.92 Å². The Hall–Kier alpha value is -1.46. The molecule has 1 amide bonds. The van der Waals surface area contributed by atoms with E-state index in [4.69, 9.17) is 27.9 Å². The van der Waals surface area contributed by atoms with Crippen molar-refractivity contribution in [3.05, 3.63) is 28.2 Å². The lowest BCUT2D eigenvalue weighted by Crippen LogP contribution is -2.49. The lowest BCUT2D eigenvalue weighted by atomic mass is 9.90. The molecule has 1 N–H and O–H groups in total. The summed E-state index contributed by atoms with van der Waals surface area (Å²) in [6.45, 7) is 2.55. The van der Waals surface area contributed by atoms with E-state index in [0.717, 1.165) is 0 Å². The summed E-state index contributed by atoms with van der Waals surface area (Å²) in [6, 6.07) is 4.59. The van der Waals surface area contributed by atoms with Gasteiger partial charge in [0.05, 0.1) is 24.0 Å². The van der Waals surface area contributed by atoms with Crippen molar-refractivity contribution >= 4 is 35.1 Å². The molecule has 0 radical (unpaired) electrons. The number of carbonyl (C=O) groups is 2. The number of piperidine rings is 1. The summed E-state index contributed by atoms with van der Waals surface area (Å²) in [5.41, 5.74) is 0. The van der Waals surface area contributed by atoms with Gasteiger partial charge in [0.25, 0.3) is 0 Å². The summed E-state index contributed by atoms with van der Waals surface area (Å²) < 4.78 is 5.51. The molecule has 0 unspecified atom stereocenters. The molecule has 1 aromatic carbocycles. The van der Waals surface area contributed by atoms with E-state index in [2.05, 4.69) is 0 Å². The number of likely N-dealkylation sites (tertiary alicyclic amines) is 1. The molecule has 1 saturated heterocycles. The first-order valence-corrected chi connectivity index (χ1v) is 8.26. The van der Waals surface area contributed by atoms with Gasteiger partial charge in [0.2, 0.25) is 5.91 Å². The van der Waals surface area contributed by atoms with Crippen LogP contribution in [-0.4, -0.2) is 41.1 Å². The van der Waals surface area contributed by atoms with Crippen molar-refractivity contribution in [2.75, 3.05) is 13.2 Å². The quantitative estimate of drug-likeness (QED) is 0.873. The van der Waals surface area contributed by atoms with Crippen LogP contribution in [0.1, 0.15) is 26.2 Å². The molecule has 0 spiro atoms. The fourth-order valence-corrected chi connectivity index (χ4v) is 3.27. The Morgan fingerprint density at radius 2 is 2.13 bits per heavy atom. The number of carboxylic acids is 1. The zero-order chi connectivity index (χ0) is 17.0. The van der Waals surface area contributed by atoms with Crippen LogP contribution < -0.4 is 4.74 Å². The molecule has 126 valence electrons. The highest BCUT2D eigenvalue weighted by atomic mass is 35.5. The van der Waals surface area contributed by atoms with E-state index in [9.17, 15) is 14.7 Å². The first kappa shape index (κ1) is 17.9. The highest BCUT2D eigenvalue weighted by molar-refractivity contribution is 6.35. The summed E-state index contributed by atoms with van der Waals surface area (Å²) >= 11 is 11.8. The summed E-state index contributed by atoms with van der Waals surface area (Å²) in [6.07, 6.45) is 1.49. The molecule has 0 aliphatic carbocycles. The third kappa shape index (κ3) is 4.52. The predicted molar refractivity (Wildman–Crippen MR) is 88.1 cm³/mol. The van der Waals surface area contributed by atoms with E-state index >= 15 is 0 Å². The molecule has 0 saturated carbocycles. The van der Waals surface area contributed by atoms with Crippen LogP contribution in [0.4, 0.5) is 0 Å². The van der Waals surface area contributed by atoms with Gasteiger partial charge in [0.1, 0.15) is 5.75 Å². The van der Waals surface area contributed by atoms with E-state index in [1.54, 1.807) is 30.0 Å². The van der Waals surface area contributed by atoms with Crippen molar-refractivity contribution in [3.63, 3.8) is 0 Å². The van der Waals surface area contributed by atoms with E-state index in [1.807, 2.05) is 0 Å². The molecule has 1 aliphatic rings. The van der Waals surface area contributed by atoms with Crippen molar-refractivity contribution in [1.29, 1.82) is 0 Å². The van der Waals surface area contributed by atoms with Crippen LogP contribution in [0, 0.1) is 5.92 Å². The van der Waals surface area contributed by atoms with Crippen LogP contribution in [0.5, 0.6) is 5.75 Å². The summed E-state index contributed by atoms with van der Waals surface area (Å²) in [7, 11) is 0. The Kier molecular flexibility index (Phi) is 6.13. The standard InChI is InChI=1S/C16H19Cl2NO4/c1-10-12(16(21)22)3-2-7-19(10)15(20)6-8-23-14-5-4-11(17)9-13(14)18/h4-5,9-10,12H,2-3,6-8H2,1H3,(H,21,22)/t10-,12-/m1/s1. The molecular weight excluding hydrogens is 341 g/mol. The molecule has 23 heavy (non-hydrogen) atoms. The van der Waals surface area contributed by atoms with E-state index < -0.39 is 11.9 Å². The fraction of sp³-hybridized carbons (Fsp3) is 0.500. The van der Waals surface area contributed by atoms with Gasteiger partial charge in [-0.3, -0.25) is 9.59 Å². The Morgan fingerprint density at radius 1 is 1.39 bits per heavy atom. The largest absolute Gasteiger partial charge is 0.491 e. The fourth-order valence-electron chi connectivity index (χ4n) is 2.81. The first-order chi connectivity index (χ1) is 10.9. The van der Waals surface area contributed by atoms with Crippen LogP contribution in [0.25, 0.3) is 0 Å². The average molecular weight is 360 g/mol. The summed E-state index contributed by atoms with van der Waals surface area (Å²) in [5.74, 6) is -0.981. The summed E-state index contributed by atoms with van der Waals surface area (Å²) in [5, 5.41) is 10.1. The van der Waals surface area contributed by atoms with E-state index in [1.165, 1.54) is 0 Å². The minimum Gasteiger partial charge on any atom is -0.491 e. The Labute approximate surface area is 145 Å². The smallest absolute Gasteiger partial charge is 0.308 e. The molecule has 0 aromatic heterocycles. The summed E-state index contributed by atoms with van der Waals surface area (Å²) in [4.78, 5) is 25.1. The second kappa shape index (κ2) is 7.88. The van der Waals surface area contributed by atoms with Gasteiger partial charge in [0, 0.05) is 17.6 Å². The number of hydrogen-bond acceptors (Lipinski definition) is 3. The van der Waals surface area contributed by atoms with Gasteiger partial charge in [-0.1, -0.05) is 23.2 Å². The van der Waals surface area contributed by atoms with Gasteiger partial charge >= 0.3 is 5.97 Å². The number of carboxylic acid groups (broad SMARTS) is 1. The number of aliphatic carboxylic acids is 1. The molecule has 2 rings (SSSR count). The van der Waals surface area contributed by atoms with Gasteiger partial charge in [-0.15, -0.1) is 0 Å². The molecule has 1 aromatic rings. The number of amides is 1. The zero-order valence-corrected chi connectivity index (χ0v) is 14.3. The van der Waals surface area contributed by atoms with Crippen molar-refractivity contribution < 1.29 is 19.4 Å². The number of hydrogen-bond donors (Lipinski definition) is 1. The van der Waals surface area contributed by atoms with Crippen molar-refractivity contribution in [1.82, 2.24) is 4.90 Å². The molecule has 5 nitrogen and oxygen atoms in total. The topological polar surface area (TPSA) is 66.8 Å².